The second kappa shape index (κ2) is 7.84. The first-order valence-electron chi connectivity index (χ1n) is 8.67. The Balaban J connectivity index is 1.61. The van der Waals surface area contributed by atoms with Gasteiger partial charge in [0.1, 0.15) is 22.1 Å². The standard InChI is InChI=1S/C19H17N3O6S2/c1-26-12-4-6-16(27-2)17(8-12)30(24,25)22-19-21-14(10-29-19)11-3-5-15-13(7-11)20-18(23)9-28-15/h3-8,10H,9H2,1-2H3,(H,20,23)(H,21,22). The van der Waals surface area contributed by atoms with Crippen LogP contribution in [0.3, 0.4) is 0 Å². The average Bonchev–Trinajstić information content (AvgIpc) is 3.20. The smallest absolute Gasteiger partial charge is 0.267 e. The molecule has 0 aliphatic carbocycles. The third-order valence-electron chi connectivity index (χ3n) is 4.29. The molecule has 4 rings (SSSR count). The number of nitrogens with one attached hydrogen (secondary N) is 2. The Morgan fingerprint density at radius 1 is 1.17 bits per heavy atom. The maximum absolute atomic E-state index is 12.9. The van der Waals surface area contributed by atoms with Crippen molar-refractivity contribution in [3.8, 4) is 28.5 Å². The molecule has 2 heterocycles. The Bertz CT molecular complexity index is 1220. The Hall–Kier alpha value is -3.31. The van der Waals surface area contributed by atoms with Crippen molar-refractivity contribution >= 4 is 38.1 Å². The number of hydrogen-bond acceptors (Lipinski definition) is 8. The lowest BCUT2D eigenvalue weighted by molar-refractivity contribution is -0.118. The van der Waals surface area contributed by atoms with Crippen LogP contribution in [0.25, 0.3) is 11.3 Å². The van der Waals surface area contributed by atoms with Crippen molar-refractivity contribution in [2.24, 2.45) is 0 Å². The molecule has 0 unspecified atom stereocenters. The van der Waals surface area contributed by atoms with E-state index >= 15 is 0 Å². The second-order valence-corrected chi connectivity index (χ2v) is 8.72. The van der Waals surface area contributed by atoms with Gasteiger partial charge in [0.05, 0.1) is 25.6 Å². The molecule has 1 amide bonds. The predicted molar refractivity (Wildman–Crippen MR) is 112 cm³/mol. The maximum atomic E-state index is 12.9. The molecule has 3 aromatic rings. The number of methoxy groups -OCH3 is 2. The number of aromatic nitrogens is 1. The lowest BCUT2D eigenvalue weighted by atomic mass is 10.1. The molecule has 156 valence electrons. The highest BCUT2D eigenvalue weighted by molar-refractivity contribution is 7.93. The van der Waals surface area contributed by atoms with Crippen molar-refractivity contribution < 1.29 is 27.4 Å². The van der Waals surface area contributed by atoms with Gasteiger partial charge in [-0.25, -0.2) is 13.4 Å². The van der Waals surface area contributed by atoms with E-state index in [1.165, 1.54) is 26.4 Å². The van der Waals surface area contributed by atoms with Crippen molar-refractivity contribution in [2.75, 3.05) is 30.9 Å². The van der Waals surface area contributed by atoms with Crippen LogP contribution in [-0.2, 0) is 14.8 Å². The van der Waals surface area contributed by atoms with Gasteiger partial charge in [-0.1, -0.05) is 0 Å². The molecule has 1 aromatic heterocycles. The van der Waals surface area contributed by atoms with E-state index in [4.69, 9.17) is 14.2 Å². The molecule has 11 heteroatoms. The molecule has 2 aromatic carbocycles. The van der Waals surface area contributed by atoms with Crippen LogP contribution in [0.2, 0.25) is 0 Å². The molecule has 0 saturated heterocycles. The molecular formula is C19H17N3O6S2. The number of anilines is 2. The fraction of sp³-hybridized carbons (Fsp3) is 0.158. The van der Waals surface area contributed by atoms with Crippen LogP contribution >= 0.6 is 11.3 Å². The Morgan fingerprint density at radius 3 is 2.77 bits per heavy atom. The summed E-state index contributed by atoms with van der Waals surface area (Å²) < 4.78 is 43.9. The highest BCUT2D eigenvalue weighted by atomic mass is 32.2. The zero-order valence-corrected chi connectivity index (χ0v) is 17.6. The van der Waals surface area contributed by atoms with Gasteiger partial charge in [0.15, 0.2) is 11.7 Å². The quantitative estimate of drug-likeness (QED) is 0.597. The summed E-state index contributed by atoms with van der Waals surface area (Å²) in [4.78, 5) is 15.8. The Morgan fingerprint density at radius 2 is 2.00 bits per heavy atom. The number of rotatable bonds is 6. The van der Waals surface area contributed by atoms with Crippen LogP contribution in [0.4, 0.5) is 10.8 Å². The van der Waals surface area contributed by atoms with E-state index in [0.717, 1.165) is 11.3 Å². The van der Waals surface area contributed by atoms with Gasteiger partial charge in [-0.15, -0.1) is 11.3 Å². The third-order valence-corrected chi connectivity index (χ3v) is 6.54. The summed E-state index contributed by atoms with van der Waals surface area (Å²) in [5.41, 5.74) is 1.80. The van der Waals surface area contributed by atoms with Crippen molar-refractivity contribution in [3.05, 3.63) is 41.8 Å². The summed E-state index contributed by atoms with van der Waals surface area (Å²) in [6, 6.07) is 9.75. The van der Waals surface area contributed by atoms with Gasteiger partial charge < -0.3 is 19.5 Å². The molecule has 0 spiro atoms. The van der Waals surface area contributed by atoms with Crippen LogP contribution in [0.1, 0.15) is 0 Å². The summed E-state index contributed by atoms with van der Waals surface area (Å²) in [6.07, 6.45) is 0. The van der Waals surface area contributed by atoms with Crippen molar-refractivity contribution in [2.45, 2.75) is 4.90 Å². The minimum atomic E-state index is -3.96. The van der Waals surface area contributed by atoms with E-state index in [1.54, 1.807) is 29.6 Å². The molecule has 9 nitrogen and oxygen atoms in total. The van der Waals surface area contributed by atoms with Crippen molar-refractivity contribution in [1.82, 2.24) is 4.98 Å². The number of nitrogens with zero attached hydrogens (tertiary/aromatic N) is 1. The van der Waals surface area contributed by atoms with Gasteiger partial charge in [-0.05, 0) is 30.3 Å². The predicted octanol–water partition coefficient (Wildman–Crippen LogP) is 2.96. The molecule has 1 aliphatic rings. The van der Waals surface area contributed by atoms with Crippen molar-refractivity contribution in [3.63, 3.8) is 0 Å². The lowest BCUT2D eigenvalue weighted by Gasteiger charge is -2.18. The number of ether oxygens (including phenoxy) is 3. The minimum Gasteiger partial charge on any atom is -0.497 e. The summed E-state index contributed by atoms with van der Waals surface area (Å²) in [5, 5.41) is 4.64. The number of sulfonamides is 1. The van der Waals surface area contributed by atoms with E-state index in [-0.39, 0.29) is 28.3 Å². The zero-order chi connectivity index (χ0) is 21.3. The van der Waals surface area contributed by atoms with Gasteiger partial charge >= 0.3 is 0 Å². The number of thiazole rings is 1. The number of carbonyl (C=O) groups is 1. The topological polar surface area (TPSA) is 116 Å². The van der Waals surface area contributed by atoms with Crippen molar-refractivity contribution in [1.29, 1.82) is 0 Å². The molecular weight excluding hydrogens is 430 g/mol. The fourth-order valence-corrected chi connectivity index (χ4v) is 5.02. The first-order chi connectivity index (χ1) is 14.4. The van der Waals surface area contributed by atoms with Gasteiger partial charge in [0.25, 0.3) is 15.9 Å². The molecule has 0 atom stereocenters. The number of benzene rings is 2. The second-order valence-electron chi connectivity index (χ2n) is 6.21. The van der Waals surface area contributed by atoms with E-state index in [2.05, 4.69) is 15.0 Å². The zero-order valence-electron chi connectivity index (χ0n) is 16.0. The van der Waals surface area contributed by atoms with Crippen LogP contribution in [0.5, 0.6) is 17.2 Å². The Labute approximate surface area is 176 Å². The molecule has 0 saturated carbocycles. The SMILES string of the molecule is COc1ccc(OC)c(S(=O)(=O)Nc2nc(-c3ccc4c(c3)NC(=O)CO4)cs2)c1. The van der Waals surface area contributed by atoms with Crippen LogP contribution in [0.15, 0.2) is 46.7 Å². The van der Waals surface area contributed by atoms with E-state index in [9.17, 15) is 13.2 Å². The highest BCUT2D eigenvalue weighted by Crippen LogP contribution is 2.35. The summed E-state index contributed by atoms with van der Waals surface area (Å²) >= 11 is 1.14. The van der Waals surface area contributed by atoms with E-state index in [0.29, 0.717) is 28.4 Å². The first kappa shape index (κ1) is 20.0. The van der Waals surface area contributed by atoms with E-state index < -0.39 is 10.0 Å². The van der Waals surface area contributed by atoms with Crippen LogP contribution in [0, 0.1) is 0 Å². The number of amides is 1. The minimum absolute atomic E-state index is 0.0251. The number of hydrogen-bond donors (Lipinski definition) is 2. The average molecular weight is 447 g/mol. The lowest BCUT2D eigenvalue weighted by Crippen LogP contribution is -2.25. The highest BCUT2D eigenvalue weighted by Gasteiger charge is 2.23. The maximum Gasteiger partial charge on any atom is 0.267 e. The normalized spacial score (nSPS) is 13.1. The monoisotopic (exact) mass is 447 g/mol. The molecule has 30 heavy (non-hydrogen) atoms. The van der Waals surface area contributed by atoms with Crippen LogP contribution in [-0.4, -0.2) is 40.1 Å². The summed E-state index contributed by atoms with van der Waals surface area (Å²) in [6.45, 7) is -0.0251. The number of carbonyl (C=O) groups excluding carboxylic acids is 1. The first-order valence-corrected chi connectivity index (χ1v) is 11.0. The third kappa shape index (κ3) is 3.89. The Kier molecular flexibility index (Phi) is 5.22. The fourth-order valence-electron chi connectivity index (χ4n) is 2.86. The van der Waals surface area contributed by atoms with Gasteiger partial charge in [-0.3, -0.25) is 9.52 Å². The van der Waals surface area contributed by atoms with E-state index in [1.807, 2.05) is 0 Å². The molecule has 0 fully saturated rings. The molecule has 0 radical (unpaired) electrons. The summed E-state index contributed by atoms with van der Waals surface area (Å²) in [7, 11) is -1.12. The molecule has 0 bridgehead atoms. The van der Waals surface area contributed by atoms with Gasteiger partial charge in [0, 0.05) is 17.0 Å². The number of fused-ring (bicyclic) bond motifs is 1. The summed E-state index contributed by atoms with van der Waals surface area (Å²) in [5.74, 6) is 0.901. The van der Waals surface area contributed by atoms with Crippen LogP contribution < -0.4 is 24.2 Å². The molecule has 2 N–H and O–H groups in total. The van der Waals surface area contributed by atoms with Gasteiger partial charge in [-0.2, -0.15) is 0 Å². The van der Waals surface area contributed by atoms with Gasteiger partial charge in [0.2, 0.25) is 0 Å². The largest absolute Gasteiger partial charge is 0.497 e. The molecule has 1 aliphatic heterocycles.